The molecule has 4 nitrogen and oxygen atoms in total. The molecule has 1 heterocycles. The fourth-order valence-corrected chi connectivity index (χ4v) is 2.40. The Morgan fingerprint density at radius 1 is 1.44 bits per heavy atom. The third-order valence-electron chi connectivity index (χ3n) is 3.32. The van der Waals surface area contributed by atoms with Crippen molar-refractivity contribution in [2.24, 2.45) is 5.73 Å². The first-order valence-electron chi connectivity index (χ1n) is 6.51. The molecular weight excluding hydrogens is 226 g/mol. The average Bonchev–Trinajstić information content (AvgIpc) is 2.39. The van der Waals surface area contributed by atoms with Crippen molar-refractivity contribution in [3.8, 4) is 0 Å². The van der Waals surface area contributed by atoms with Crippen LogP contribution < -0.4 is 10.6 Å². The minimum absolute atomic E-state index is 0.118. The molecule has 1 aliphatic heterocycles. The van der Waals surface area contributed by atoms with Gasteiger partial charge in [-0.15, -0.1) is 0 Å². The zero-order chi connectivity index (χ0) is 13.0. The van der Waals surface area contributed by atoms with Gasteiger partial charge in [0.05, 0.1) is 6.10 Å². The molecule has 1 atom stereocenters. The highest BCUT2D eigenvalue weighted by atomic mass is 16.5. The number of anilines is 1. The Morgan fingerprint density at radius 3 is 2.78 bits per heavy atom. The van der Waals surface area contributed by atoms with Gasteiger partial charge in [-0.3, -0.25) is 5.41 Å². The second kappa shape index (κ2) is 5.87. The Balaban J connectivity index is 2.04. The molecule has 0 amide bonds. The molecule has 1 fully saturated rings. The molecular formula is C14H21N3O. The van der Waals surface area contributed by atoms with Crippen LogP contribution in [0.25, 0.3) is 0 Å². The maximum atomic E-state index is 7.38. The summed E-state index contributed by atoms with van der Waals surface area (Å²) in [5.74, 6) is 0.118. The molecule has 4 heteroatoms. The lowest BCUT2D eigenvalue weighted by atomic mass is 10.1. The van der Waals surface area contributed by atoms with Crippen LogP contribution in [-0.2, 0) is 4.74 Å². The van der Waals surface area contributed by atoms with E-state index in [9.17, 15) is 0 Å². The third-order valence-corrected chi connectivity index (χ3v) is 3.32. The molecule has 98 valence electrons. The number of nitrogens with one attached hydrogen (secondary N) is 1. The average molecular weight is 247 g/mol. The predicted molar refractivity (Wildman–Crippen MR) is 74.3 cm³/mol. The predicted octanol–water partition coefficient (Wildman–Crippen LogP) is 1.98. The van der Waals surface area contributed by atoms with Crippen molar-refractivity contribution in [3.63, 3.8) is 0 Å². The highest BCUT2D eigenvalue weighted by Gasteiger charge is 2.20. The normalized spacial score (nSPS) is 19.8. The number of amidine groups is 1. The Hall–Kier alpha value is -1.55. The first kappa shape index (κ1) is 12.9. The van der Waals surface area contributed by atoms with Gasteiger partial charge in [-0.2, -0.15) is 0 Å². The number of nitrogens with zero attached hydrogens (tertiary/aromatic N) is 1. The second-order valence-corrected chi connectivity index (χ2v) is 4.63. The molecule has 0 saturated carbocycles. The van der Waals surface area contributed by atoms with Crippen molar-refractivity contribution in [1.82, 2.24) is 0 Å². The zero-order valence-electron chi connectivity index (χ0n) is 10.9. The lowest BCUT2D eigenvalue weighted by Gasteiger charge is -2.34. The lowest BCUT2D eigenvalue weighted by molar-refractivity contribution is 0.0527. The van der Waals surface area contributed by atoms with Crippen molar-refractivity contribution in [1.29, 1.82) is 5.41 Å². The van der Waals surface area contributed by atoms with E-state index in [1.165, 1.54) is 12.1 Å². The summed E-state index contributed by atoms with van der Waals surface area (Å²) in [6.07, 6.45) is 2.66. The van der Waals surface area contributed by atoms with Crippen LogP contribution in [0, 0.1) is 5.41 Å². The van der Waals surface area contributed by atoms with Gasteiger partial charge in [-0.1, -0.05) is 0 Å². The fourth-order valence-electron chi connectivity index (χ4n) is 2.40. The first-order chi connectivity index (χ1) is 8.70. The molecule has 18 heavy (non-hydrogen) atoms. The summed E-state index contributed by atoms with van der Waals surface area (Å²) < 4.78 is 5.70. The van der Waals surface area contributed by atoms with Crippen LogP contribution in [0.4, 0.5) is 5.69 Å². The summed E-state index contributed by atoms with van der Waals surface area (Å²) in [4.78, 5) is 2.34. The van der Waals surface area contributed by atoms with Crippen molar-refractivity contribution in [2.45, 2.75) is 25.9 Å². The fraction of sp³-hybridized carbons (Fsp3) is 0.500. The zero-order valence-corrected chi connectivity index (χ0v) is 10.9. The van der Waals surface area contributed by atoms with Gasteiger partial charge in [0.1, 0.15) is 5.84 Å². The third kappa shape index (κ3) is 3.01. The number of piperidine rings is 1. The van der Waals surface area contributed by atoms with E-state index in [0.29, 0.717) is 6.10 Å². The molecule has 1 aromatic carbocycles. The van der Waals surface area contributed by atoms with Gasteiger partial charge in [-0.25, -0.2) is 0 Å². The highest BCUT2D eigenvalue weighted by Crippen LogP contribution is 2.21. The largest absolute Gasteiger partial charge is 0.384 e. The number of hydrogen-bond donors (Lipinski definition) is 2. The molecule has 0 radical (unpaired) electrons. The lowest BCUT2D eigenvalue weighted by Crippen LogP contribution is -2.39. The molecule has 2 rings (SSSR count). The Kier molecular flexibility index (Phi) is 4.20. The van der Waals surface area contributed by atoms with Gasteiger partial charge in [0.15, 0.2) is 0 Å². The van der Waals surface area contributed by atoms with Crippen molar-refractivity contribution < 1.29 is 4.74 Å². The van der Waals surface area contributed by atoms with Gasteiger partial charge in [0.25, 0.3) is 0 Å². The first-order valence-corrected chi connectivity index (χ1v) is 6.51. The molecule has 0 spiro atoms. The van der Waals surface area contributed by atoms with Crippen molar-refractivity contribution >= 4 is 11.5 Å². The van der Waals surface area contributed by atoms with E-state index < -0.39 is 0 Å². The van der Waals surface area contributed by atoms with Crippen LogP contribution in [0.3, 0.4) is 0 Å². The van der Waals surface area contributed by atoms with E-state index >= 15 is 0 Å². The van der Waals surface area contributed by atoms with Crippen LogP contribution in [0.15, 0.2) is 24.3 Å². The standard InChI is InChI=1S/C14H21N3O/c1-2-18-13-4-3-9-17(10-13)12-7-5-11(6-8-12)14(15)16/h5-8,13H,2-4,9-10H2,1H3,(H3,15,16). The number of benzene rings is 1. The number of ether oxygens (including phenoxy) is 1. The molecule has 1 unspecified atom stereocenters. The summed E-state index contributed by atoms with van der Waals surface area (Å²) in [6, 6.07) is 7.88. The molecule has 0 bridgehead atoms. The van der Waals surface area contributed by atoms with Gasteiger partial charge in [0.2, 0.25) is 0 Å². The Labute approximate surface area is 108 Å². The summed E-state index contributed by atoms with van der Waals surface area (Å²) >= 11 is 0. The molecule has 0 aromatic heterocycles. The van der Waals surface area contributed by atoms with Crippen LogP contribution in [0.2, 0.25) is 0 Å². The molecule has 1 aromatic rings. The van der Waals surface area contributed by atoms with E-state index in [2.05, 4.69) is 4.90 Å². The van der Waals surface area contributed by atoms with Crippen LogP contribution >= 0.6 is 0 Å². The van der Waals surface area contributed by atoms with Gasteiger partial charge in [-0.05, 0) is 44.0 Å². The minimum Gasteiger partial charge on any atom is -0.384 e. The van der Waals surface area contributed by atoms with E-state index in [4.69, 9.17) is 15.9 Å². The van der Waals surface area contributed by atoms with Crippen LogP contribution in [0.1, 0.15) is 25.3 Å². The van der Waals surface area contributed by atoms with Gasteiger partial charge >= 0.3 is 0 Å². The molecule has 1 aliphatic rings. The summed E-state index contributed by atoms with van der Waals surface area (Å²) in [7, 11) is 0. The van der Waals surface area contributed by atoms with E-state index in [1.54, 1.807) is 0 Å². The highest BCUT2D eigenvalue weighted by molar-refractivity contribution is 5.95. The van der Waals surface area contributed by atoms with E-state index in [1.807, 2.05) is 31.2 Å². The van der Waals surface area contributed by atoms with Crippen molar-refractivity contribution in [3.05, 3.63) is 29.8 Å². The monoisotopic (exact) mass is 247 g/mol. The molecule has 3 N–H and O–H groups in total. The maximum absolute atomic E-state index is 7.38. The number of nitrogen functional groups attached to an aromatic ring is 1. The van der Waals surface area contributed by atoms with Gasteiger partial charge in [0, 0.05) is 30.9 Å². The van der Waals surface area contributed by atoms with Crippen molar-refractivity contribution in [2.75, 3.05) is 24.6 Å². The van der Waals surface area contributed by atoms with Crippen LogP contribution in [0.5, 0.6) is 0 Å². The minimum atomic E-state index is 0.118. The second-order valence-electron chi connectivity index (χ2n) is 4.63. The Morgan fingerprint density at radius 2 is 2.17 bits per heavy atom. The van der Waals surface area contributed by atoms with E-state index in [-0.39, 0.29) is 5.84 Å². The quantitative estimate of drug-likeness (QED) is 0.631. The maximum Gasteiger partial charge on any atom is 0.122 e. The smallest absolute Gasteiger partial charge is 0.122 e. The summed E-state index contributed by atoms with van der Waals surface area (Å²) in [5.41, 5.74) is 7.41. The molecule has 0 aliphatic carbocycles. The SMILES string of the molecule is CCOC1CCCN(c2ccc(C(=N)N)cc2)C1. The van der Waals surface area contributed by atoms with Crippen LogP contribution in [-0.4, -0.2) is 31.6 Å². The molecule has 1 saturated heterocycles. The number of rotatable bonds is 4. The van der Waals surface area contributed by atoms with E-state index in [0.717, 1.165) is 31.7 Å². The van der Waals surface area contributed by atoms with Gasteiger partial charge < -0.3 is 15.4 Å². The Bertz CT molecular complexity index is 400. The summed E-state index contributed by atoms with van der Waals surface area (Å²) in [6.45, 7) is 4.85. The number of nitrogens with two attached hydrogens (primary N) is 1. The number of hydrogen-bond acceptors (Lipinski definition) is 3. The topological polar surface area (TPSA) is 62.3 Å². The summed E-state index contributed by atoms with van der Waals surface area (Å²) in [5, 5.41) is 7.38.